The van der Waals surface area contributed by atoms with Gasteiger partial charge in [0.15, 0.2) is 9.84 Å². The maximum atomic E-state index is 13.0. The molecule has 0 aromatic heterocycles. The van der Waals surface area contributed by atoms with Gasteiger partial charge in [0.2, 0.25) is 0 Å². The Bertz CT molecular complexity index is 559. The van der Waals surface area contributed by atoms with Crippen molar-refractivity contribution in [2.45, 2.75) is 42.8 Å². The van der Waals surface area contributed by atoms with Crippen LogP contribution in [0.4, 0.5) is 0 Å². The van der Waals surface area contributed by atoms with Crippen LogP contribution in [-0.4, -0.2) is 20.2 Å². The van der Waals surface area contributed by atoms with Crippen molar-refractivity contribution in [1.82, 2.24) is 0 Å². The van der Waals surface area contributed by atoms with Crippen LogP contribution < -0.4 is 5.73 Å². The molecule has 3 atom stereocenters. The van der Waals surface area contributed by atoms with Crippen molar-refractivity contribution in [2.24, 2.45) is 17.6 Å². The van der Waals surface area contributed by atoms with Crippen LogP contribution >= 0.6 is 15.9 Å². The largest absolute Gasteiger partial charge is 0.330 e. The monoisotopic (exact) mass is 359 g/mol. The summed E-state index contributed by atoms with van der Waals surface area (Å²) in [6.07, 6.45) is 3.80. The van der Waals surface area contributed by atoms with E-state index in [2.05, 4.69) is 22.9 Å². The zero-order valence-corrected chi connectivity index (χ0v) is 14.2. The van der Waals surface area contributed by atoms with Gasteiger partial charge in [0.1, 0.15) is 0 Å². The van der Waals surface area contributed by atoms with Crippen LogP contribution in [0.15, 0.2) is 33.6 Å². The van der Waals surface area contributed by atoms with Gasteiger partial charge in [-0.2, -0.15) is 0 Å². The van der Waals surface area contributed by atoms with Crippen LogP contribution in [-0.2, 0) is 9.84 Å². The quantitative estimate of drug-likeness (QED) is 0.896. The van der Waals surface area contributed by atoms with Crippen LogP contribution in [0.25, 0.3) is 0 Å². The van der Waals surface area contributed by atoms with Crippen LogP contribution in [0.2, 0.25) is 0 Å². The number of benzene rings is 1. The Morgan fingerprint density at radius 1 is 1.30 bits per heavy atom. The molecule has 0 aliphatic heterocycles. The molecule has 112 valence electrons. The molecule has 2 N–H and O–H groups in total. The third kappa shape index (κ3) is 3.10. The molecule has 0 heterocycles. The van der Waals surface area contributed by atoms with Gasteiger partial charge in [0, 0.05) is 4.47 Å². The summed E-state index contributed by atoms with van der Waals surface area (Å²) in [6.45, 7) is 2.58. The summed E-state index contributed by atoms with van der Waals surface area (Å²) in [5, 5.41) is -0.343. The van der Waals surface area contributed by atoms with Crippen molar-refractivity contribution in [3.63, 3.8) is 0 Å². The zero-order valence-electron chi connectivity index (χ0n) is 11.8. The second-order valence-electron chi connectivity index (χ2n) is 5.60. The van der Waals surface area contributed by atoms with Gasteiger partial charge in [-0.1, -0.05) is 31.9 Å². The number of hydrogen-bond acceptors (Lipinski definition) is 3. The highest BCUT2D eigenvalue weighted by Gasteiger charge is 2.39. The summed E-state index contributed by atoms with van der Waals surface area (Å²) < 4.78 is 26.6. The third-order valence-electron chi connectivity index (χ3n) is 4.46. The van der Waals surface area contributed by atoms with E-state index in [0.717, 1.165) is 25.7 Å². The highest BCUT2D eigenvalue weighted by atomic mass is 79.9. The molecule has 20 heavy (non-hydrogen) atoms. The molecule has 3 unspecified atom stereocenters. The Morgan fingerprint density at radius 3 is 2.60 bits per heavy atom. The van der Waals surface area contributed by atoms with Crippen molar-refractivity contribution in [3.8, 4) is 0 Å². The second-order valence-corrected chi connectivity index (χ2v) is 8.59. The molecule has 0 radical (unpaired) electrons. The first-order valence-corrected chi connectivity index (χ1v) is 9.53. The highest BCUT2D eigenvalue weighted by molar-refractivity contribution is 9.10. The zero-order chi connectivity index (χ0) is 14.8. The Balaban J connectivity index is 2.38. The van der Waals surface area contributed by atoms with Crippen LogP contribution in [0.1, 0.15) is 32.6 Å². The minimum absolute atomic E-state index is 0.0786. The summed E-state index contributed by atoms with van der Waals surface area (Å²) in [5.41, 5.74) is 5.82. The lowest BCUT2D eigenvalue weighted by Gasteiger charge is -2.35. The molecule has 0 amide bonds. The van der Waals surface area contributed by atoms with Gasteiger partial charge >= 0.3 is 0 Å². The molecule has 1 saturated carbocycles. The first-order chi connectivity index (χ1) is 9.50. The molecule has 2 rings (SSSR count). The molecule has 1 aliphatic rings. The molecule has 0 bridgehead atoms. The van der Waals surface area contributed by atoms with E-state index < -0.39 is 9.84 Å². The summed E-state index contributed by atoms with van der Waals surface area (Å²) in [7, 11) is -3.32. The van der Waals surface area contributed by atoms with Crippen molar-refractivity contribution in [1.29, 1.82) is 0 Å². The van der Waals surface area contributed by atoms with Gasteiger partial charge in [-0.25, -0.2) is 8.42 Å². The van der Waals surface area contributed by atoms with Gasteiger partial charge in [-0.05, 0) is 59.3 Å². The Hall–Kier alpha value is -0.390. The van der Waals surface area contributed by atoms with Crippen LogP contribution in [0.5, 0.6) is 0 Å². The van der Waals surface area contributed by atoms with Gasteiger partial charge in [0.05, 0.1) is 10.1 Å². The number of rotatable bonds is 4. The van der Waals surface area contributed by atoms with Crippen molar-refractivity contribution in [2.75, 3.05) is 6.54 Å². The normalized spacial score (nSPS) is 27.4. The number of sulfone groups is 1. The van der Waals surface area contributed by atoms with Crippen LogP contribution in [0.3, 0.4) is 0 Å². The number of nitrogens with two attached hydrogens (primary N) is 1. The molecule has 0 spiro atoms. The average Bonchev–Trinajstić information content (AvgIpc) is 2.46. The van der Waals surface area contributed by atoms with E-state index >= 15 is 0 Å². The standard InChI is InChI=1S/C15H22BrNO2S/c1-2-11-7-8-12(10-17)15(9-11)20(18,19)14-6-4-3-5-13(14)16/h3-6,11-12,15H,2,7-10,17H2,1H3. The highest BCUT2D eigenvalue weighted by Crippen LogP contribution is 2.38. The first kappa shape index (κ1) is 16.0. The third-order valence-corrected chi connectivity index (χ3v) is 7.76. The van der Waals surface area contributed by atoms with Gasteiger partial charge in [0.25, 0.3) is 0 Å². The minimum atomic E-state index is -3.32. The lowest BCUT2D eigenvalue weighted by atomic mass is 9.80. The lowest BCUT2D eigenvalue weighted by Crippen LogP contribution is -2.39. The van der Waals surface area contributed by atoms with Crippen molar-refractivity contribution in [3.05, 3.63) is 28.7 Å². The summed E-state index contributed by atoms with van der Waals surface area (Å²) >= 11 is 3.36. The number of halogens is 1. The number of hydrogen-bond donors (Lipinski definition) is 1. The second kappa shape index (κ2) is 6.58. The Morgan fingerprint density at radius 2 is 2.00 bits per heavy atom. The predicted octanol–water partition coefficient (Wildman–Crippen LogP) is 3.38. The molecule has 3 nitrogen and oxygen atoms in total. The van der Waals surface area contributed by atoms with E-state index in [1.54, 1.807) is 18.2 Å². The molecule has 1 aliphatic carbocycles. The van der Waals surface area contributed by atoms with E-state index in [-0.39, 0.29) is 11.2 Å². The fourth-order valence-electron chi connectivity index (χ4n) is 3.13. The fourth-order valence-corrected chi connectivity index (χ4v) is 6.31. The fraction of sp³-hybridized carbons (Fsp3) is 0.600. The maximum Gasteiger partial charge on any atom is 0.182 e. The minimum Gasteiger partial charge on any atom is -0.330 e. The van der Waals surface area contributed by atoms with Crippen LogP contribution in [0, 0.1) is 11.8 Å². The SMILES string of the molecule is CCC1CCC(CN)C(S(=O)(=O)c2ccccc2Br)C1. The van der Waals surface area contributed by atoms with Crippen molar-refractivity contribution < 1.29 is 8.42 Å². The van der Waals surface area contributed by atoms with E-state index in [0.29, 0.717) is 21.8 Å². The molecule has 0 saturated heterocycles. The molecule has 1 aromatic rings. The summed E-state index contributed by atoms with van der Waals surface area (Å²) in [6, 6.07) is 7.07. The summed E-state index contributed by atoms with van der Waals surface area (Å²) in [5.74, 6) is 0.579. The maximum absolute atomic E-state index is 13.0. The van der Waals surface area contributed by atoms with Gasteiger partial charge < -0.3 is 5.73 Å². The van der Waals surface area contributed by atoms with E-state index in [1.807, 2.05) is 6.07 Å². The van der Waals surface area contributed by atoms with E-state index in [1.165, 1.54) is 0 Å². The smallest absolute Gasteiger partial charge is 0.182 e. The Labute approximate surface area is 130 Å². The molecular weight excluding hydrogens is 338 g/mol. The molecule has 1 fully saturated rings. The lowest BCUT2D eigenvalue weighted by molar-refractivity contribution is 0.275. The molecular formula is C15H22BrNO2S. The predicted molar refractivity (Wildman–Crippen MR) is 85.3 cm³/mol. The van der Waals surface area contributed by atoms with E-state index in [4.69, 9.17) is 5.73 Å². The molecule has 1 aromatic carbocycles. The van der Waals surface area contributed by atoms with Gasteiger partial charge in [-0.3, -0.25) is 0 Å². The molecule has 5 heteroatoms. The van der Waals surface area contributed by atoms with Crippen molar-refractivity contribution >= 4 is 25.8 Å². The summed E-state index contributed by atoms with van der Waals surface area (Å²) in [4.78, 5) is 0.403. The van der Waals surface area contributed by atoms with E-state index in [9.17, 15) is 8.42 Å². The Kier molecular flexibility index (Phi) is 5.26. The topological polar surface area (TPSA) is 60.2 Å². The van der Waals surface area contributed by atoms with Gasteiger partial charge in [-0.15, -0.1) is 0 Å². The average molecular weight is 360 g/mol. The first-order valence-electron chi connectivity index (χ1n) is 7.19.